The van der Waals surface area contributed by atoms with Crippen LogP contribution in [0.3, 0.4) is 0 Å². The molecule has 0 aliphatic rings. The SMILES string of the molecule is COC(=O)C(C)(CCCCn1nc(C)cc1C)NC(C)C. The molecule has 0 aliphatic carbocycles. The molecule has 0 spiro atoms. The van der Waals surface area contributed by atoms with Gasteiger partial charge in [0.25, 0.3) is 0 Å². The third-order valence-corrected chi connectivity index (χ3v) is 3.64. The summed E-state index contributed by atoms with van der Waals surface area (Å²) in [6.07, 6.45) is 2.70. The number of methoxy groups -OCH3 is 1. The number of carbonyl (C=O) groups is 1. The van der Waals surface area contributed by atoms with E-state index < -0.39 is 5.54 Å². The third-order valence-electron chi connectivity index (χ3n) is 3.64. The molecule has 120 valence electrons. The van der Waals surface area contributed by atoms with Gasteiger partial charge in [-0.25, -0.2) is 0 Å². The van der Waals surface area contributed by atoms with Crippen LogP contribution in [0, 0.1) is 13.8 Å². The average Bonchev–Trinajstić information content (AvgIpc) is 2.71. The van der Waals surface area contributed by atoms with Crippen LogP contribution in [-0.4, -0.2) is 34.4 Å². The molecule has 0 aliphatic heterocycles. The predicted molar refractivity (Wildman–Crippen MR) is 84.2 cm³/mol. The van der Waals surface area contributed by atoms with Crippen molar-refractivity contribution in [2.75, 3.05) is 7.11 Å². The van der Waals surface area contributed by atoms with E-state index in [0.29, 0.717) is 0 Å². The number of carbonyl (C=O) groups excluding carboxylic acids is 1. The number of ether oxygens (including phenoxy) is 1. The van der Waals surface area contributed by atoms with Gasteiger partial charge in [0.1, 0.15) is 5.54 Å². The Bertz CT molecular complexity index is 468. The monoisotopic (exact) mass is 295 g/mol. The molecule has 1 heterocycles. The number of hydrogen-bond donors (Lipinski definition) is 1. The van der Waals surface area contributed by atoms with Gasteiger partial charge >= 0.3 is 5.97 Å². The molecule has 0 saturated heterocycles. The minimum atomic E-state index is -0.613. The van der Waals surface area contributed by atoms with Crippen molar-refractivity contribution < 1.29 is 9.53 Å². The minimum absolute atomic E-state index is 0.192. The molecule has 21 heavy (non-hydrogen) atoms. The molecule has 1 atom stereocenters. The van der Waals surface area contributed by atoms with Crippen LogP contribution in [0.1, 0.15) is 51.4 Å². The van der Waals surface area contributed by atoms with Crippen LogP contribution >= 0.6 is 0 Å². The molecule has 0 saturated carbocycles. The summed E-state index contributed by atoms with van der Waals surface area (Å²) in [4.78, 5) is 12.0. The summed E-state index contributed by atoms with van der Waals surface area (Å²) in [5.74, 6) is -0.192. The van der Waals surface area contributed by atoms with Crippen LogP contribution in [0.25, 0.3) is 0 Å². The van der Waals surface area contributed by atoms with Crippen molar-refractivity contribution in [1.29, 1.82) is 0 Å². The van der Waals surface area contributed by atoms with Crippen LogP contribution in [0.4, 0.5) is 0 Å². The Labute approximate surface area is 128 Å². The first-order valence-electron chi connectivity index (χ1n) is 7.65. The molecule has 0 amide bonds. The summed E-state index contributed by atoms with van der Waals surface area (Å²) in [6.45, 7) is 11.0. The molecule has 0 fully saturated rings. The van der Waals surface area contributed by atoms with E-state index in [2.05, 4.69) is 23.4 Å². The molecule has 0 radical (unpaired) electrons. The molecule has 1 rings (SSSR count). The van der Waals surface area contributed by atoms with Gasteiger partial charge in [0.15, 0.2) is 0 Å². The van der Waals surface area contributed by atoms with Gasteiger partial charge in [0, 0.05) is 18.3 Å². The lowest BCUT2D eigenvalue weighted by molar-refractivity contribution is -0.148. The molecule has 0 bridgehead atoms. The highest BCUT2D eigenvalue weighted by atomic mass is 16.5. The zero-order valence-electron chi connectivity index (χ0n) is 14.2. The summed E-state index contributed by atoms with van der Waals surface area (Å²) in [6, 6.07) is 2.32. The number of esters is 1. The maximum atomic E-state index is 12.0. The van der Waals surface area contributed by atoms with Crippen LogP contribution in [0.5, 0.6) is 0 Å². The number of aryl methyl sites for hydroxylation is 3. The van der Waals surface area contributed by atoms with E-state index in [1.807, 2.05) is 32.4 Å². The number of nitrogens with one attached hydrogen (secondary N) is 1. The van der Waals surface area contributed by atoms with Gasteiger partial charge in [-0.1, -0.05) is 0 Å². The lowest BCUT2D eigenvalue weighted by Crippen LogP contribution is -2.52. The van der Waals surface area contributed by atoms with Crippen molar-refractivity contribution >= 4 is 5.97 Å². The van der Waals surface area contributed by atoms with Gasteiger partial charge in [-0.3, -0.25) is 14.8 Å². The summed E-state index contributed by atoms with van der Waals surface area (Å²) in [5, 5.41) is 7.78. The van der Waals surface area contributed by atoms with Crippen molar-refractivity contribution in [3.63, 3.8) is 0 Å². The van der Waals surface area contributed by atoms with Crippen LogP contribution < -0.4 is 5.32 Å². The maximum absolute atomic E-state index is 12.0. The minimum Gasteiger partial charge on any atom is -0.468 e. The zero-order valence-corrected chi connectivity index (χ0v) is 14.2. The van der Waals surface area contributed by atoms with Crippen molar-refractivity contribution in [3.05, 3.63) is 17.5 Å². The second-order valence-electron chi connectivity index (χ2n) is 6.23. The average molecular weight is 295 g/mol. The third kappa shape index (κ3) is 5.16. The second-order valence-corrected chi connectivity index (χ2v) is 6.23. The fourth-order valence-corrected chi connectivity index (χ4v) is 2.74. The highest BCUT2D eigenvalue weighted by molar-refractivity contribution is 5.80. The quantitative estimate of drug-likeness (QED) is 0.591. The van der Waals surface area contributed by atoms with Gasteiger partial charge in [-0.15, -0.1) is 0 Å². The first-order valence-corrected chi connectivity index (χ1v) is 7.65. The van der Waals surface area contributed by atoms with Crippen LogP contribution in [0.15, 0.2) is 6.07 Å². The van der Waals surface area contributed by atoms with E-state index in [-0.39, 0.29) is 12.0 Å². The van der Waals surface area contributed by atoms with Crippen molar-refractivity contribution in [3.8, 4) is 0 Å². The fraction of sp³-hybridized carbons (Fsp3) is 0.750. The number of unbranched alkanes of at least 4 members (excludes halogenated alkanes) is 1. The summed E-state index contributed by atoms with van der Waals surface area (Å²) in [7, 11) is 1.44. The Morgan fingerprint density at radius 3 is 2.57 bits per heavy atom. The number of rotatable bonds is 8. The lowest BCUT2D eigenvalue weighted by Gasteiger charge is -2.30. The zero-order chi connectivity index (χ0) is 16.0. The van der Waals surface area contributed by atoms with Crippen LogP contribution in [0.2, 0.25) is 0 Å². The van der Waals surface area contributed by atoms with Gasteiger partial charge in [-0.05, 0) is 59.9 Å². The molecule has 1 unspecified atom stereocenters. The Hall–Kier alpha value is -1.36. The molecule has 5 nitrogen and oxygen atoms in total. The van der Waals surface area contributed by atoms with Gasteiger partial charge < -0.3 is 4.74 Å². The van der Waals surface area contributed by atoms with E-state index in [1.165, 1.54) is 12.8 Å². The van der Waals surface area contributed by atoms with Crippen molar-refractivity contribution in [2.24, 2.45) is 0 Å². The van der Waals surface area contributed by atoms with Crippen molar-refractivity contribution in [2.45, 2.75) is 72.0 Å². The van der Waals surface area contributed by atoms with Crippen LogP contribution in [-0.2, 0) is 16.1 Å². The largest absolute Gasteiger partial charge is 0.468 e. The Kier molecular flexibility index (Phi) is 6.40. The first-order chi connectivity index (χ1) is 9.78. The number of nitrogens with zero attached hydrogens (tertiary/aromatic N) is 2. The fourth-order valence-electron chi connectivity index (χ4n) is 2.74. The van der Waals surface area contributed by atoms with E-state index in [0.717, 1.165) is 31.5 Å². The van der Waals surface area contributed by atoms with E-state index in [9.17, 15) is 4.79 Å². The molecular formula is C16H29N3O2. The smallest absolute Gasteiger partial charge is 0.325 e. The van der Waals surface area contributed by atoms with Gasteiger partial charge in [0.2, 0.25) is 0 Å². The summed E-state index contributed by atoms with van der Waals surface area (Å²) in [5.41, 5.74) is 1.62. The summed E-state index contributed by atoms with van der Waals surface area (Å²) < 4.78 is 6.96. The van der Waals surface area contributed by atoms with E-state index in [1.54, 1.807) is 0 Å². The normalized spacial score (nSPS) is 14.2. The molecule has 0 aromatic carbocycles. The lowest BCUT2D eigenvalue weighted by atomic mass is 9.94. The maximum Gasteiger partial charge on any atom is 0.325 e. The predicted octanol–water partition coefficient (Wildman–Crippen LogP) is 2.60. The highest BCUT2D eigenvalue weighted by Crippen LogP contribution is 2.17. The number of aromatic nitrogens is 2. The summed E-state index contributed by atoms with van der Waals surface area (Å²) >= 11 is 0. The van der Waals surface area contributed by atoms with E-state index in [4.69, 9.17) is 4.74 Å². The van der Waals surface area contributed by atoms with Crippen molar-refractivity contribution in [1.82, 2.24) is 15.1 Å². The Balaban J connectivity index is 2.50. The second kappa shape index (κ2) is 7.59. The molecule has 1 aromatic rings. The first kappa shape index (κ1) is 17.7. The highest BCUT2D eigenvalue weighted by Gasteiger charge is 2.33. The molecule has 1 N–H and O–H groups in total. The molecule has 5 heteroatoms. The number of hydrogen-bond acceptors (Lipinski definition) is 4. The Morgan fingerprint density at radius 1 is 1.43 bits per heavy atom. The molecule has 1 aromatic heterocycles. The van der Waals surface area contributed by atoms with Gasteiger partial charge in [0.05, 0.1) is 12.8 Å². The topological polar surface area (TPSA) is 56.2 Å². The Morgan fingerprint density at radius 2 is 2.10 bits per heavy atom. The standard InChI is InChI=1S/C16H29N3O2/c1-12(2)17-16(5,15(20)21-6)9-7-8-10-19-14(4)11-13(3)18-19/h11-12,17H,7-10H2,1-6H3. The molecular weight excluding hydrogens is 266 g/mol. The van der Waals surface area contributed by atoms with E-state index >= 15 is 0 Å². The van der Waals surface area contributed by atoms with Gasteiger partial charge in [-0.2, -0.15) is 5.10 Å².